The summed E-state index contributed by atoms with van der Waals surface area (Å²) in [4.78, 5) is 20.9. The summed E-state index contributed by atoms with van der Waals surface area (Å²) in [5.74, 6) is -0.351. The van der Waals surface area contributed by atoms with E-state index in [1.807, 2.05) is 0 Å². The van der Waals surface area contributed by atoms with Gasteiger partial charge >= 0.3 is 5.97 Å². The molecular weight excluding hydrogens is 226 g/mol. The number of nitrogens with zero attached hydrogens (tertiary/aromatic N) is 1. The van der Waals surface area contributed by atoms with E-state index in [-0.39, 0.29) is 18.1 Å². The Morgan fingerprint density at radius 3 is 2.82 bits per heavy atom. The molecule has 7 heteroatoms. The number of rotatable bonds is 5. The number of benzene rings is 1. The standard InChI is InChI=1S/C10H13N3O4/c1-17-10(14)2-3-12-8-4-7(11)5-9(6-8)13(15)16/h4-6,12H,2-3,11H2,1H3. The first kappa shape index (κ1) is 12.8. The molecule has 1 rings (SSSR count). The largest absolute Gasteiger partial charge is 0.469 e. The molecule has 0 heterocycles. The van der Waals surface area contributed by atoms with Gasteiger partial charge in [0.2, 0.25) is 0 Å². The molecule has 0 spiro atoms. The van der Waals surface area contributed by atoms with Crippen molar-refractivity contribution in [2.75, 3.05) is 24.7 Å². The maximum Gasteiger partial charge on any atom is 0.307 e. The summed E-state index contributed by atoms with van der Waals surface area (Å²) in [5, 5.41) is 13.4. The molecule has 92 valence electrons. The molecule has 0 saturated carbocycles. The second-order valence-electron chi connectivity index (χ2n) is 3.32. The second kappa shape index (κ2) is 5.69. The number of carbonyl (C=O) groups excluding carboxylic acids is 1. The quantitative estimate of drug-likeness (QED) is 0.345. The van der Waals surface area contributed by atoms with E-state index in [4.69, 9.17) is 5.73 Å². The number of anilines is 2. The van der Waals surface area contributed by atoms with Crippen molar-refractivity contribution in [3.8, 4) is 0 Å². The Kier molecular flexibility index (Phi) is 4.27. The fraction of sp³-hybridized carbons (Fsp3) is 0.300. The van der Waals surface area contributed by atoms with Crippen LogP contribution in [0.4, 0.5) is 17.1 Å². The van der Waals surface area contributed by atoms with Gasteiger partial charge < -0.3 is 15.8 Å². The van der Waals surface area contributed by atoms with E-state index >= 15 is 0 Å². The molecule has 0 atom stereocenters. The molecule has 1 aromatic rings. The number of hydrogen-bond donors (Lipinski definition) is 2. The molecule has 0 aromatic heterocycles. The van der Waals surface area contributed by atoms with Crippen LogP contribution in [-0.4, -0.2) is 24.5 Å². The minimum Gasteiger partial charge on any atom is -0.469 e. The molecule has 0 aliphatic heterocycles. The van der Waals surface area contributed by atoms with E-state index in [2.05, 4.69) is 10.1 Å². The molecule has 0 fully saturated rings. The number of carbonyl (C=O) groups is 1. The third-order valence-corrected chi connectivity index (χ3v) is 2.04. The van der Waals surface area contributed by atoms with Crippen LogP contribution in [0.15, 0.2) is 18.2 Å². The van der Waals surface area contributed by atoms with Crippen LogP contribution in [0.3, 0.4) is 0 Å². The van der Waals surface area contributed by atoms with Crippen molar-refractivity contribution in [2.45, 2.75) is 6.42 Å². The number of non-ortho nitro benzene ring substituents is 1. The summed E-state index contributed by atoms with van der Waals surface area (Å²) in [6.07, 6.45) is 0.180. The van der Waals surface area contributed by atoms with Crippen LogP contribution in [0.5, 0.6) is 0 Å². The van der Waals surface area contributed by atoms with Crippen molar-refractivity contribution in [3.63, 3.8) is 0 Å². The van der Waals surface area contributed by atoms with Crippen LogP contribution in [0, 0.1) is 10.1 Å². The number of nitrogen functional groups attached to an aromatic ring is 1. The van der Waals surface area contributed by atoms with Crippen LogP contribution in [-0.2, 0) is 9.53 Å². The van der Waals surface area contributed by atoms with E-state index in [0.29, 0.717) is 17.9 Å². The van der Waals surface area contributed by atoms with E-state index in [1.54, 1.807) is 6.07 Å². The highest BCUT2D eigenvalue weighted by molar-refractivity contribution is 5.70. The zero-order chi connectivity index (χ0) is 12.8. The van der Waals surface area contributed by atoms with Gasteiger partial charge in [-0.1, -0.05) is 0 Å². The normalized spacial score (nSPS) is 9.71. The number of ether oxygens (including phenoxy) is 1. The molecule has 3 N–H and O–H groups in total. The number of hydrogen-bond acceptors (Lipinski definition) is 6. The maximum atomic E-state index is 10.8. The maximum absolute atomic E-state index is 10.8. The third kappa shape index (κ3) is 3.98. The summed E-state index contributed by atoms with van der Waals surface area (Å²) in [6, 6.07) is 4.18. The molecule has 0 saturated heterocycles. The van der Waals surface area contributed by atoms with E-state index in [0.717, 1.165) is 0 Å². The smallest absolute Gasteiger partial charge is 0.307 e. The Hall–Kier alpha value is -2.31. The number of esters is 1. The van der Waals surface area contributed by atoms with Crippen LogP contribution in [0.25, 0.3) is 0 Å². The molecule has 0 radical (unpaired) electrons. The van der Waals surface area contributed by atoms with Gasteiger partial charge in [0.25, 0.3) is 5.69 Å². The average molecular weight is 239 g/mol. The number of nitrogens with two attached hydrogens (primary N) is 1. The molecule has 1 aromatic carbocycles. The highest BCUT2D eigenvalue weighted by atomic mass is 16.6. The molecular formula is C10H13N3O4. The molecule has 0 aliphatic carbocycles. The Morgan fingerprint density at radius 2 is 2.24 bits per heavy atom. The molecule has 0 aliphatic rings. The fourth-order valence-electron chi connectivity index (χ4n) is 1.25. The first-order chi connectivity index (χ1) is 8.02. The Bertz CT molecular complexity index is 434. The van der Waals surface area contributed by atoms with Gasteiger partial charge in [0, 0.05) is 30.1 Å². The van der Waals surface area contributed by atoms with Crippen molar-refractivity contribution >= 4 is 23.0 Å². The van der Waals surface area contributed by atoms with Crippen molar-refractivity contribution in [1.82, 2.24) is 0 Å². The van der Waals surface area contributed by atoms with E-state index in [9.17, 15) is 14.9 Å². The zero-order valence-corrected chi connectivity index (χ0v) is 9.30. The average Bonchev–Trinajstić information content (AvgIpc) is 2.28. The Balaban J connectivity index is 2.65. The van der Waals surface area contributed by atoms with Gasteiger partial charge in [0.15, 0.2) is 0 Å². The monoisotopic (exact) mass is 239 g/mol. The van der Waals surface area contributed by atoms with Crippen LogP contribution >= 0.6 is 0 Å². The predicted molar refractivity (Wildman–Crippen MR) is 62.6 cm³/mol. The van der Waals surface area contributed by atoms with E-state index < -0.39 is 4.92 Å². The van der Waals surface area contributed by atoms with Crippen molar-refractivity contribution < 1.29 is 14.5 Å². The SMILES string of the molecule is COC(=O)CCNc1cc(N)cc([N+](=O)[O-])c1. The lowest BCUT2D eigenvalue weighted by Gasteiger charge is -2.06. The Morgan fingerprint density at radius 1 is 1.53 bits per heavy atom. The molecule has 7 nitrogen and oxygen atoms in total. The lowest BCUT2D eigenvalue weighted by molar-refractivity contribution is -0.384. The molecule has 0 unspecified atom stereocenters. The number of nitro benzene ring substituents is 1. The lowest BCUT2D eigenvalue weighted by Crippen LogP contribution is -2.10. The van der Waals surface area contributed by atoms with Crippen LogP contribution in [0.2, 0.25) is 0 Å². The van der Waals surface area contributed by atoms with Gasteiger partial charge in [-0.3, -0.25) is 14.9 Å². The van der Waals surface area contributed by atoms with Gasteiger partial charge in [-0.2, -0.15) is 0 Å². The minimum absolute atomic E-state index is 0.0921. The highest BCUT2D eigenvalue weighted by Crippen LogP contribution is 2.22. The van der Waals surface area contributed by atoms with Crippen LogP contribution < -0.4 is 11.1 Å². The third-order valence-electron chi connectivity index (χ3n) is 2.04. The summed E-state index contributed by atoms with van der Waals surface area (Å²) in [5.41, 5.74) is 6.22. The predicted octanol–water partition coefficient (Wildman–Crippen LogP) is 1.15. The first-order valence-electron chi connectivity index (χ1n) is 4.88. The van der Waals surface area contributed by atoms with Crippen molar-refractivity contribution in [3.05, 3.63) is 28.3 Å². The number of nitrogens with one attached hydrogen (secondary N) is 1. The summed E-state index contributed by atoms with van der Waals surface area (Å²) in [6.45, 7) is 0.327. The number of methoxy groups -OCH3 is 1. The zero-order valence-electron chi connectivity index (χ0n) is 9.30. The molecule has 0 bridgehead atoms. The van der Waals surface area contributed by atoms with Gasteiger partial charge in [-0.25, -0.2) is 0 Å². The van der Waals surface area contributed by atoms with Gasteiger partial charge in [-0.15, -0.1) is 0 Å². The van der Waals surface area contributed by atoms with Gasteiger partial charge in [-0.05, 0) is 6.07 Å². The minimum atomic E-state index is -0.526. The van der Waals surface area contributed by atoms with Gasteiger partial charge in [0.05, 0.1) is 18.5 Å². The topological polar surface area (TPSA) is 107 Å². The summed E-state index contributed by atoms with van der Waals surface area (Å²) >= 11 is 0. The summed E-state index contributed by atoms with van der Waals surface area (Å²) < 4.78 is 4.46. The first-order valence-corrected chi connectivity index (χ1v) is 4.88. The lowest BCUT2D eigenvalue weighted by atomic mass is 10.2. The van der Waals surface area contributed by atoms with E-state index in [1.165, 1.54) is 19.2 Å². The second-order valence-corrected chi connectivity index (χ2v) is 3.32. The van der Waals surface area contributed by atoms with Gasteiger partial charge in [0.1, 0.15) is 0 Å². The van der Waals surface area contributed by atoms with Crippen LogP contribution in [0.1, 0.15) is 6.42 Å². The number of nitro groups is 1. The summed E-state index contributed by atoms with van der Waals surface area (Å²) in [7, 11) is 1.30. The Labute approximate surface area is 97.7 Å². The fourth-order valence-corrected chi connectivity index (χ4v) is 1.25. The highest BCUT2D eigenvalue weighted by Gasteiger charge is 2.08. The van der Waals surface area contributed by atoms with Crippen molar-refractivity contribution in [1.29, 1.82) is 0 Å². The van der Waals surface area contributed by atoms with Crippen molar-refractivity contribution in [2.24, 2.45) is 0 Å². The molecule has 17 heavy (non-hydrogen) atoms. The molecule has 0 amide bonds.